The zero-order chi connectivity index (χ0) is 35.5. The number of likely N-dealkylation sites (tertiary alicyclic amines) is 1. The number of rotatable bonds is 8. The van der Waals surface area contributed by atoms with Gasteiger partial charge in [-0.2, -0.15) is 0 Å². The van der Waals surface area contributed by atoms with E-state index in [0.29, 0.717) is 32.9 Å². The molecule has 10 nitrogen and oxygen atoms in total. The summed E-state index contributed by atoms with van der Waals surface area (Å²) in [4.78, 5) is 47.7. The number of ether oxygens (including phenoxy) is 3. The Kier molecular flexibility index (Phi) is 10.5. The predicted octanol–water partition coefficient (Wildman–Crippen LogP) is 7.60. The third-order valence-corrected chi connectivity index (χ3v) is 8.79. The molecule has 3 atom stereocenters. The summed E-state index contributed by atoms with van der Waals surface area (Å²) in [7, 11) is 1.60. The first-order chi connectivity index (χ1) is 23.1. The second-order valence-corrected chi connectivity index (χ2v) is 15.0. The number of carbonyl (C=O) groups excluding carboxylic acids is 3. The van der Waals surface area contributed by atoms with Gasteiger partial charge in [0, 0.05) is 34.0 Å². The van der Waals surface area contributed by atoms with Crippen LogP contribution in [0.4, 0.5) is 10.5 Å². The molecule has 0 radical (unpaired) electrons. The van der Waals surface area contributed by atoms with Crippen molar-refractivity contribution in [3.8, 4) is 22.8 Å². The first-order valence-corrected chi connectivity index (χ1v) is 17.0. The van der Waals surface area contributed by atoms with Gasteiger partial charge in [-0.15, -0.1) is 0 Å². The molecule has 3 amide bonds. The van der Waals surface area contributed by atoms with Crippen molar-refractivity contribution in [2.75, 3.05) is 19.0 Å². The van der Waals surface area contributed by atoms with Crippen LogP contribution in [-0.4, -0.2) is 65.2 Å². The Hall–Kier alpha value is -4.64. The standard InChI is InChI=1S/C38H43BrN4O6/c1-37(2,3)33(42-36(46)49-38(4,5)6)35(45)43-22-25(20-31(43)34(44)41-28-16-12-11-15-27(28)39)48-32-21-29(23-13-9-8-10-14-23)40-30-19-24(47-7)17-18-26(30)32/h8-19,21,25,31,33H,20,22H2,1-7H3,(H,41,44)(H,42,46)/t25-,31?,33-/m1/s1. The van der Waals surface area contributed by atoms with E-state index < -0.39 is 41.2 Å². The van der Waals surface area contributed by atoms with Gasteiger partial charge >= 0.3 is 6.09 Å². The van der Waals surface area contributed by atoms with Crippen LogP contribution in [0, 0.1) is 5.41 Å². The molecule has 1 unspecified atom stereocenters. The van der Waals surface area contributed by atoms with Gasteiger partial charge in [-0.3, -0.25) is 9.59 Å². The van der Waals surface area contributed by atoms with Gasteiger partial charge in [-0.25, -0.2) is 9.78 Å². The summed E-state index contributed by atoms with van der Waals surface area (Å²) in [6, 6.07) is 22.6. The van der Waals surface area contributed by atoms with Crippen molar-refractivity contribution in [3.63, 3.8) is 0 Å². The molecule has 1 fully saturated rings. The van der Waals surface area contributed by atoms with Crippen LogP contribution in [0.5, 0.6) is 11.5 Å². The van der Waals surface area contributed by atoms with Crippen molar-refractivity contribution in [2.24, 2.45) is 5.41 Å². The van der Waals surface area contributed by atoms with Gasteiger partial charge in [0.1, 0.15) is 35.3 Å². The van der Waals surface area contributed by atoms with E-state index in [4.69, 9.17) is 19.2 Å². The minimum Gasteiger partial charge on any atom is -0.497 e. The molecule has 1 aromatic heterocycles. The molecule has 0 saturated carbocycles. The van der Waals surface area contributed by atoms with Gasteiger partial charge < -0.3 is 29.7 Å². The Morgan fingerprint density at radius 3 is 2.29 bits per heavy atom. The monoisotopic (exact) mass is 730 g/mol. The molecule has 3 aromatic carbocycles. The molecular weight excluding hydrogens is 688 g/mol. The molecule has 1 aliphatic rings. The second-order valence-electron chi connectivity index (χ2n) is 14.2. The zero-order valence-electron chi connectivity index (χ0n) is 28.9. The number of amides is 3. The minimum absolute atomic E-state index is 0.107. The highest BCUT2D eigenvalue weighted by Crippen LogP contribution is 2.35. The maximum atomic E-state index is 14.4. The molecule has 1 saturated heterocycles. The fourth-order valence-electron chi connectivity index (χ4n) is 5.73. The van der Waals surface area contributed by atoms with E-state index in [1.165, 1.54) is 4.90 Å². The van der Waals surface area contributed by atoms with Crippen LogP contribution in [0.2, 0.25) is 0 Å². The summed E-state index contributed by atoms with van der Waals surface area (Å²) in [6.45, 7) is 10.9. The molecule has 4 aromatic rings. The normalized spacial score (nSPS) is 16.9. The molecular formula is C38H43BrN4O6. The molecule has 2 N–H and O–H groups in total. The number of hydrogen-bond donors (Lipinski definition) is 2. The lowest BCUT2D eigenvalue weighted by atomic mass is 9.85. The number of carbonyl (C=O) groups is 3. The third-order valence-electron chi connectivity index (χ3n) is 8.10. The number of anilines is 1. The van der Waals surface area contributed by atoms with Crippen LogP contribution in [0.15, 0.2) is 83.3 Å². The maximum absolute atomic E-state index is 14.4. The summed E-state index contributed by atoms with van der Waals surface area (Å²) in [5.41, 5.74) is 1.40. The van der Waals surface area contributed by atoms with Gasteiger partial charge in [0.15, 0.2) is 0 Å². The smallest absolute Gasteiger partial charge is 0.408 e. The average molecular weight is 732 g/mol. The van der Waals surface area contributed by atoms with E-state index in [1.54, 1.807) is 33.9 Å². The Labute approximate surface area is 295 Å². The Morgan fingerprint density at radius 1 is 0.939 bits per heavy atom. The number of benzene rings is 3. The van der Waals surface area contributed by atoms with E-state index in [-0.39, 0.29) is 18.9 Å². The first-order valence-electron chi connectivity index (χ1n) is 16.2. The largest absolute Gasteiger partial charge is 0.497 e. The molecule has 0 bridgehead atoms. The van der Waals surface area contributed by atoms with Crippen molar-refractivity contribution in [1.82, 2.24) is 15.2 Å². The minimum atomic E-state index is -0.987. The van der Waals surface area contributed by atoms with E-state index in [9.17, 15) is 14.4 Å². The third kappa shape index (κ3) is 8.70. The predicted molar refractivity (Wildman–Crippen MR) is 194 cm³/mol. The Balaban J connectivity index is 1.50. The highest BCUT2D eigenvalue weighted by molar-refractivity contribution is 9.10. The molecule has 0 spiro atoms. The number of para-hydroxylation sites is 1. The highest BCUT2D eigenvalue weighted by atomic mass is 79.9. The fraction of sp³-hybridized carbons (Fsp3) is 0.368. The van der Waals surface area contributed by atoms with E-state index >= 15 is 0 Å². The van der Waals surface area contributed by atoms with Crippen LogP contribution in [0.1, 0.15) is 48.0 Å². The van der Waals surface area contributed by atoms with Crippen LogP contribution in [0.3, 0.4) is 0 Å². The Bertz CT molecular complexity index is 1840. The van der Waals surface area contributed by atoms with Crippen molar-refractivity contribution < 1.29 is 28.6 Å². The number of alkyl carbamates (subject to hydrolysis) is 1. The summed E-state index contributed by atoms with van der Waals surface area (Å²) >= 11 is 3.50. The number of nitrogens with one attached hydrogen (secondary N) is 2. The molecule has 0 aliphatic carbocycles. The zero-order valence-corrected chi connectivity index (χ0v) is 30.5. The highest BCUT2D eigenvalue weighted by Gasteiger charge is 2.46. The van der Waals surface area contributed by atoms with Crippen molar-refractivity contribution in [1.29, 1.82) is 0 Å². The van der Waals surface area contributed by atoms with Crippen LogP contribution >= 0.6 is 15.9 Å². The number of methoxy groups -OCH3 is 1. The summed E-state index contributed by atoms with van der Waals surface area (Å²) in [6.07, 6.45) is -1.06. The van der Waals surface area contributed by atoms with E-state index in [0.717, 1.165) is 10.9 Å². The fourth-order valence-corrected chi connectivity index (χ4v) is 6.11. The molecule has 5 rings (SSSR count). The average Bonchev–Trinajstić information content (AvgIpc) is 3.47. The molecule has 1 aliphatic heterocycles. The van der Waals surface area contributed by atoms with Gasteiger partial charge in [-0.05, 0) is 66.4 Å². The van der Waals surface area contributed by atoms with Gasteiger partial charge in [-0.1, -0.05) is 63.2 Å². The SMILES string of the molecule is COc1ccc2c(O[C@@H]3CC(C(=O)Nc4ccccc4Br)N(C(=O)[C@@H](NC(=O)OC(C)(C)C)C(C)(C)C)C3)cc(-c3ccccc3)nc2c1. The van der Waals surface area contributed by atoms with Crippen LogP contribution in [-0.2, 0) is 14.3 Å². The number of nitrogens with zero attached hydrogens (tertiary/aromatic N) is 2. The van der Waals surface area contributed by atoms with E-state index in [1.807, 2.05) is 93.6 Å². The summed E-state index contributed by atoms with van der Waals surface area (Å²) < 4.78 is 18.4. The topological polar surface area (TPSA) is 119 Å². The molecule has 11 heteroatoms. The van der Waals surface area contributed by atoms with Crippen LogP contribution in [0.25, 0.3) is 22.2 Å². The maximum Gasteiger partial charge on any atom is 0.408 e. The van der Waals surface area contributed by atoms with Crippen molar-refractivity contribution >= 4 is 50.4 Å². The number of fused-ring (bicyclic) bond motifs is 1. The van der Waals surface area contributed by atoms with Crippen molar-refractivity contribution in [3.05, 3.63) is 83.3 Å². The lowest BCUT2D eigenvalue weighted by Crippen LogP contribution is -2.57. The van der Waals surface area contributed by atoms with Gasteiger partial charge in [0.25, 0.3) is 0 Å². The van der Waals surface area contributed by atoms with Gasteiger partial charge in [0.05, 0.1) is 30.6 Å². The lowest BCUT2D eigenvalue weighted by molar-refractivity contribution is -0.140. The lowest BCUT2D eigenvalue weighted by Gasteiger charge is -2.35. The summed E-state index contributed by atoms with van der Waals surface area (Å²) in [5, 5.41) is 6.52. The number of pyridine rings is 1. The second kappa shape index (κ2) is 14.5. The molecule has 258 valence electrons. The quantitative estimate of drug-likeness (QED) is 0.192. The molecule has 2 heterocycles. The number of halogens is 1. The van der Waals surface area contributed by atoms with Gasteiger partial charge in [0.2, 0.25) is 11.8 Å². The van der Waals surface area contributed by atoms with E-state index in [2.05, 4.69) is 26.6 Å². The number of hydrogen-bond acceptors (Lipinski definition) is 7. The summed E-state index contributed by atoms with van der Waals surface area (Å²) in [5.74, 6) is 0.440. The number of aromatic nitrogens is 1. The Morgan fingerprint density at radius 2 is 1.63 bits per heavy atom. The first kappa shape index (κ1) is 35.7. The van der Waals surface area contributed by atoms with Crippen molar-refractivity contribution in [2.45, 2.75) is 71.8 Å². The van der Waals surface area contributed by atoms with Crippen LogP contribution < -0.4 is 20.1 Å². The molecule has 49 heavy (non-hydrogen) atoms.